The van der Waals surface area contributed by atoms with Gasteiger partial charge >= 0.3 is 0 Å². The highest BCUT2D eigenvalue weighted by Gasteiger charge is 2.15. The Morgan fingerprint density at radius 2 is 2.31 bits per heavy atom. The number of rotatable bonds is 2. The molecular weight excluding hydrogens is 232 g/mol. The second-order valence-electron chi connectivity index (χ2n) is 3.31. The third-order valence-corrected chi connectivity index (χ3v) is 3.02. The van der Waals surface area contributed by atoms with E-state index >= 15 is 0 Å². The largest absolute Gasteiger partial charge is 0.381 e. The molecule has 1 aromatic heterocycles. The molecular formula is C9H13BrN2O. The molecule has 0 aromatic carbocycles. The van der Waals surface area contributed by atoms with Crippen molar-refractivity contribution in [3.05, 3.63) is 18.0 Å². The molecule has 0 unspecified atom stereocenters. The summed E-state index contributed by atoms with van der Waals surface area (Å²) in [5.41, 5.74) is 1.24. The molecule has 0 saturated carbocycles. The van der Waals surface area contributed by atoms with Gasteiger partial charge in [0.1, 0.15) is 0 Å². The highest BCUT2D eigenvalue weighted by atomic mass is 79.9. The van der Waals surface area contributed by atoms with Crippen LogP contribution in [0, 0.1) is 0 Å². The molecule has 0 bridgehead atoms. The van der Waals surface area contributed by atoms with E-state index in [1.807, 2.05) is 6.20 Å². The van der Waals surface area contributed by atoms with Gasteiger partial charge < -0.3 is 4.74 Å². The van der Waals surface area contributed by atoms with Crippen molar-refractivity contribution in [1.29, 1.82) is 0 Å². The maximum Gasteiger partial charge on any atom is 0.0563 e. The first-order chi connectivity index (χ1) is 6.40. The lowest BCUT2D eigenvalue weighted by molar-refractivity contribution is 0.0662. The van der Waals surface area contributed by atoms with Crippen LogP contribution in [0.5, 0.6) is 0 Å². The topological polar surface area (TPSA) is 27.1 Å². The van der Waals surface area contributed by atoms with Crippen molar-refractivity contribution in [3.8, 4) is 0 Å². The van der Waals surface area contributed by atoms with Crippen molar-refractivity contribution >= 4 is 15.9 Å². The highest BCUT2D eigenvalue weighted by Crippen LogP contribution is 2.20. The zero-order valence-electron chi connectivity index (χ0n) is 7.45. The third-order valence-electron chi connectivity index (χ3n) is 2.37. The predicted octanol–water partition coefficient (Wildman–Crippen LogP) is 2.13. The first-order valence-corrected chi connectivity index (χ1v) is 5.69. The minimum absolute atomic E-state index is 0.543. The normalized spacial score (nSPS) is 19.2. The average Bonchev–Trinajstić information content (AvgIpc) is 2.67. The lowest BCUT2D eigenvalue weighted by Gasteiger charge is -2.22. The lowest BCUT2D eigenvalue weighted by Crippen LogP contribution is -2.19. The Morgan fingerprint density at radius 3 is 2.92 bits per heavy atom. The lowest BCUT2D eigenvalue weighted by atomic mass is 10.1. The van der Waals surface area contributed by atoms with E-state index in [4.69, 9.17) is 4.74 Å². The fraction of sp³-hybridized carbons (Fsp3) is 0.667. The zero-order chi connectivity index (χ0) is 9.10. The van der Waals surface area contributed by atoms with Crippen LogP contribution in [-0.4, -0.2) is 23.0 Å². The molecule has 13 heavy (non-hydrogen) atoms. The standard InChI is InChI=1S/C9H13BrN2O/c10-5-8-6-11-12(7-8)9-1-3-13-4-2-9/h6-7,9H,1-5H2. The Morgan fingerprint density at radius 1 is 1.54 bits per heavy atom. The number of nitrogens with zero attached hydrogens (tertiary/aromatic N) is 2. The van der Waals surface area contributed by atoms with E-state index in [0.717, 1.165) is 31.4 Å². The molecule has 0 radical (unpaired) electrons. The molecule has 2 rings (SSSR count). The van der Waals surface area contributed by atoms with Crippen molar-refractivity contribution in [2.24, 2.45) is 0 Å². The summed E-state index contributed by atoms with van der Waals surface area (Å²) in [6.07, 6.45) is 6.21. The van der Waals surface area contributed by atoms with Gasteiger partial charge in [0.2, 0.25) is 0 Å². The summed E-state index contributed by atoms with van der Waals surface area (Å²) in [4.78, 5) is 0. The van der Waals surface area contributed by atoms with E-state index in [1.165, 1.54) is 5.56 Å². The molecule has 3 nitrogen and oxygen atoms in total. The van der Waals surface area contributed by atoms with Crippen LogP contribution >= 0.6 is 15.9 Å². The Balaban J connectivity index is 2.05. The van der Waals surface area contributed by atoms with Crippen LogP contribution in [-0.2, 0) is 10.1 Å². The fourth-order valence-corrected chi connectivity index (χ4v) is 1.89. The number of alkyl halides is 1. The molecule has 1 aliphatic heterocycles. The van der Waals surface area contributed by atoms with Crippen LogP contribution in [0.4, 0.5) is 0 Å². The highest BCUT2D eigenvalue weighted by molar-refractivity contribution is 9.08. The number of halogens is 1. The monoisotopic (exact) mass is 244 g/mol. The van der Waals surface area contributed by atoms with Crippen LogP contribution in [0.2, 0.25) is 0 Å². The number of aromatic nitrogens is 2. The predicted molar refractivity (Wildman–Crippen MR) is 53.9 cm³/mol. The van der Waals surface area contributed by atoms with Crippen molar-refractivity contribution in [3.63, 3.8) is 0 Å². The Labute approximate surface area is 86.2 Å². The zero-order valence-corrected chi connectivity index (χ0v) is 9.03. The van der Waals surface area contributed by atoms with Gasteiger partial charge in [-0.05, 0) is 12.8 Å². The molecule has 0 amide bonds. The van der Waals surface area contributed by atoms with Crippen LogP contribution in [0.15, 0.2) is 12.4 Å². The van der Waals surface area contributed by atoms with Crippen molar-refractivity contribution in [2.45, 2.75) is 24.2 Å². The maximum atomic E-state index is 5.30. The third kappa shape index (κ3) is 2.11. The minimum Gasteiger partial charge on any atom is -0.381 e. The molecule has 0 aliphatic carbocycles. The van der Waals surface area contributed by atoms with E-state index < -0.39 is 0 Å². The Kier molecular flexibility index (Phi) is 3.01. The van der Waals surface area contributed by atoms with Crippen molar-refractivity contribution < 1.29 is 4.74 Å². The van der Waals surface area contributed by atoms with E-state index in [-0.39, 0.29) is 0 Å². The second-order valence-corrected chi connectivity index (χ2v) is 3.87. The summed E-state index contributed by atoms with van der Waals surface area (Å²) in [5.74, 6) is 0. The summed E-state index contributed by atoms with van der Waals surface area (Å²) < 4.78 is 7.37. The molecule has 1 fully saturated rings. The molecule has 1 saturated heterocycles. The number of hydrogen-bond donors (Lipinski definition) is 0. The van der Waals surface area contributed by atoms with Gasteiger partial charge in [-0.15, -0.1) is 0 Å². The first-order valence-electron chi connectivity index (χ1n) is 4.57. The summed E-state index contributed by atoms with van der Waals surface area (Å²) in [6, 6.07) is 0.543. The number of hydrogen-bond acceptors (Lipinski definition) is 2. The maximum absolute atomic E-state index is 5.30. The second kappa shape index (κ2) is 4.24. The SMILES string of the molecule is BrCc1cnn(C2CCOCC2)c1. The van der Waals surface area contributed by atoms with Crippen LogP contribution in [0.25, 0.3) is 0 Å². The summed E-state index contributed by atoms with van der Waals surface area (Å²) in [6.45, 7) is 1.74. The van der Waals surface area contributed by atoms with Gasteiger partial charge in [0.25, 0.3) is 0 Å². The van der Waals surface area contributed by atoms with Gasteiger partial charge in [-0.2, -0.15) is 5.10 Å². The average molecular weight is 245 g/mol. The van der Waals surface area contributed by atoms with Gasteiger partial charge in [-0.1, -0.05) is 15.9 Å². The van der Waals surface area contributed by atoms with E-state index in [1.54, 1.807) is 0 Å². The smallest absolute Gasteiger partial charge is 0.0563 e. The summed E-state index contributed by atoms with van der Waals surface area (Å²) in [5, 5.41) is 5.23. The van der Waals surface area contributed by atoms with E-state index in [0.29, 0.717) is 6.04 Å². The van der Waals surface area contributed by atoms with E-state index in [9.17, 15) is 0 Å². The van der Waals surface area contributed by atoms with Gasteiger partial charge in [-0.3, -0.25) is 4.68 Å². The molecule has 1 aromatic rings. The summed E-state index contributed by atoms with van der Waals surface area (Å²) in [7, 11) is 0. The molecule has 0 atom stereocenters. The molecule has 0 spiro atoms. The molecule has 2 heterocycles. The molecule has 4 heteroatoms. The van der Waals surface area contributed by atoms with Crippen LogP contribution < -0.4 is 0 Å². The molecule has 0 N–H and O–H groups in total. The van der Waals surface area contributed by atoms with Gasteiger partial charge in [0.15, 0.2) is 0 Å². The van der Waals surface area contributed by atoms with Crippen molar-refractivity contribution in [1.82, 2.24) is 9.78 Å². The minimum atomic E-state index is 0.543. The fourth-order valence-electron chi connectivity index (χ4n) is 1.60. The van der Waals surface area contributed by atoms with Gasteiger partial charge in [0.05, 0.1) is 12.2 Å². The van der Waals surface area contributed by atoms with Crippen molar-refractivity contribution in [2.75, 3.05) is 13.2 Å². The van der Waals surface area contributed by atoms with E-state index in [2.05, 4.69) is 31.9 Å². The Bertz CT molecular complexity index is 268. The summed E-state index contributed by atoms with van der Waals surface area (Å²) >= 11 is 3.42. The Hall–Kier alpha value is -0.350. The number of ether oxygens (including phenoxy) is 1. The molecule has 72 valence electrons. The van der Waals surface area contributed by atoms with Gasteiger partial charge in [-0.25, -0.2) is 0 Å². The first kappa shape index (κ1) is 9.21. The van der Waals surface area contributed by atoms with Crippen LogP contribution in [0.3, 0.4) is 0 Å². The van der Waals surface area contributed by atoms with Gasteiger partial charge in [0, 0.05) is 30.3 Å². The molecule has 1 aliphatic rings. The van der Waals surface area contributed by atoms with Crippen LogP contribution in [0.1, 0.15) is 24.4 Å². The quantitative estimate of drug-likeness (QED) is 0.746.